The quantitative estimate of drug-likeness (QED) is 0.478. The van der Waals surface area contributed by atoms with Gasteiger partial charge in [-0.05, 0) is 75.4 Å². The van der Waals surface area contributed by atoms with E-state index in [-0.39, 0.29) is 0 Å². The van der Waals surface area contributed by atoms with Crippen LogP contribution < -0.4 is 0 Å². The Morgan fingerprint density at radius 1 is 0.929 bits per heavy atom. The van der Waals surface area contributed by atoms with Gasteiger partial charge < -0.3 is 4.90 Å². The maximum absolute atomic E-state index is 2.38. The van der Waals surface area contributed by atoms with Crippen LogP contribution in [0.15, 0.2) is 78.4 Å². The predicted molar refractivity (Wildman–Crippen MR) is 122 cm³/mol. The first-order valence-corrected chi connectivity index (χ1v) is 10.8. The van der Waals surface area contributed by atoms with Crippen LogP contribution in [0.25, 0.3) is 0 Å². The van der Waals surface area contributed by atoms with E-state index in [4.69, 9.17) is 0 Å². The van der Waals surface area contributed by atoms with Gasteiger partial charge in [-0.15, -0.1) is 0 Å². The van der Waals surface area contributed by atoms with Crippen LogP contribution in [0.2, 0.25) is 0 Å². The summed E-state index contributed by atoms with van der Waals surface area (Å²) in [4.78, 5) is 2.26. The molecule has 2 aromatic rings. The minimum atomic E-state index is 0.430. The van der Waals surface area contributed by atoms with Crippen molar-refractivity contribution in [3.8, 4) is 0 Å². The highest BCUT2D eigenvalue weighted by Crippen LogP contribution is 2.40. The minimum Gasteiger partial charge on any atom is -0.309 e. The molecule has 0 heterocycles. The molecular weight excluding hydrogens is 338 g/mol. The maximum Gasteiger partial charge on any atom is 0.0155 e. The Hall–Kier alpha value is -2.12. The van der Waals surface area contributed by atoms with E-state index in [2.05, 4.69) is 98.7 Å². The number of hydrogen-bond donors (Lipinski definition) is 0. The van der Waals surface area contributed by atoms with Crippen molar-refractivity contribution in [2.45, 2.75) is 44.9 Å². The van der Waals surface area contributed by atoms with Gasteiger partial charge in [0.1, 0.15) is 0 Å². The van der Waals surface area contributed by atoms with Crippen molar-refractivity contribution in [1.82, 2.24) is 4.90 Å². The summed E-state index contributed by atoms with van der Waals surface area (Å²) in [6.45, 7) is 3.49. The van der Waals surface area contributed by atoms with E-state index in [9.17, 15) is 0 Å². The highest BCUT2D eigenvalue weighted by molar-refractivity contribution is 5.38. The molecule has 0 spiro atoms. The number of hydrogen-bond acceptors (Lipinski definition) is 1. The van der Waals surface area contributed by atoms with Gasteiger partial charge in [-0.25, -0.2) is 0 Å². The van der Waals surface area contributed by atoms with Gasteiger partial charge in [0.2, 0.25) is 0 Å². The van der Waals surface area contributed by atoms with Gasteiger partial charge in [0.25, 0.3) is 0 Å². The second-order valence-corrected chi connectivity index (χ2v) is 8.26. The van der Waals surface area contributed by atoms with E-state index in [1.807, 2.05) is 0 Å². The van der Waals surface area contributed by atoms with E-state index < -0.39 is 0 Å². The van der Waals surface area contributed by atoms with Crippen molar-refractivity contribution in [2.24, 2.45) is 5.92 Å². The molecule has 2 aromatic carbocycles. The molecule has 1 nitrogen and oxygen atoms in total. The Labute approximate surface area is 171 Å². The molecule has 2 atom stereocenters. The van der Waals surface area contributed by atoms with Crippen LogP contribution in [0.5, 0.6) is 0 Å². The Kier molecular flexibility index (Phi) is 7.68. The van der Waals surface area contributed by atoms with E-state index >= 15 is 0 Å². The molecule has 0 N–H and O–H groups in total. The summed E-state index contributed by atoms with van der Waals surface area (Å²) < 4.78 is 0. The van der Waals surface area contributed by atoms with Crippen molar-refractivity contribution in [3.05, 3.63) is 95.1 Å². The zero-order chi connectivity index (χ0) is 19.8. The summed E-state index contributed by atoms with van der Waals surface area (Å²) in [7, 11) is 4.29. The molecule has 0 saturated carbocycles. The van der Waals surface area contributed by atoms with Crippen LogP contribution in [0, 0.1) is 5.92 Å². The minimum absolute atomic E-state index is 0.430. The van der Waals surface area contributed by atoms with E-state index in [1.165, 1.54) is 42.4 Å². The molecule has 1 heteroatoms. The SMILES string of the molecule is CCC(C1=CC=CCC1)C(c1ccccc1)c1ccc(CCCN(C)C)cc1. The van der Waals surface area contributed by atoms with Crippen molar-refractivity contribution >= 4 is 0 Å². The highest BCUT2D eigenvalue weighted by atomic mass is 15.0. The molecule has 28 heavy (non-hydrogen) atoms. The maximum atomic E-state index is 2.38. The van der Waals surface area contributed by atoms with Crippen molar-refractivity contribution in [3.63, 3.8) is 0 Å². The molecule has 1 aliphatic rings. The highest BCUT2D eigenvalue weighted by Gasteiger charge is 2.26. The molecule has 0 fully saturated rings. The van der Waals surface area contributed by atoms with Crippen molar-refractivity contribution in [1.29, 1.82) is 0 Å². The first kappa shape index (κ1) is 20.6. The van der Waals surface area contributed by atoms with Crippen molar-refractivity contribution in [2.75, 3.05) is 20.6 Å². The first-order chi connectivity index (χ1) is 13.7. The van der Waals surface area contributed by atoms with Gasteiger partial charge >= 0.3 is 0 Å². The van der Waals surface area contributed by atoms with E-state index in [0.717, 1.165) is 13.0 Å². The lowest BCUT2D eigenvalue weighted by atomic mass is 9.73. The first-order valence-electron chi connectivity index (χ1n) is 10.8. The molecule has 0 radical (unpaired) electrons. The number of rotatable bonds is 9. The molecule has 0 aromatic heterocycles. The second kappa shape index (κ2) is 10.4. The van der Waals surface area contributed by atoms with Gasteiger partial charge in [-0.3, -0.25) is 0 Å². The third-order valence-electron chi connectivity index (χ3n) is 5.93. The standard InChI is InChI=1S/C27H35N/c1-4-26(23-13-7-5-8-14-23)27(24-15-9-6-10-16-24)25-19-17-22(18-20-25)12-11-21-28(2)3/h5-7,9-10,13,15-20,26-27H,4,8,11-12,14,21H2,1-3H3. The van der Waals surface area contributed by atoms with Crippen LogP contribution in [-0.2, 0) is 6.42 Å². The molecule has 1 aliphatic carbocycles. The molecule has 3 rings (SSSR count). The summed E-state index contributed by atoms with van der Waals surface area (Å²) in [6.07, 6.45) is 12.8. The Morgan fingerprint density at radius 3 is 2.25 bits per heavy atom. The fourth-order valence-corrected chi connectivity index (χ4v) is 4.45. The summed E-state index contributed by atoms with van der Waals surface area (Å²) >= 11 is 0. The van der Waals surface area contributed by atoms with E-state index in [0.29, 0.717) is 11.8 Å². The van der Waals surface area contributed by atoms with Crippen LogP contribution in [-0.4, -0.2) is 25.5 Å². The largest absolute Gasteiger partial charge is 0.309 e. The lowest BCUT2D eigenvalue weighted by Crippen LogP contribution is -2.17. The fourth-order valence-electron chi connectivity index (χ4n) is 4.45. The number of benzene rings is 2. The lowest BCUT2D eigenvalue weighted by Gasteiger charge is -2.30. The Morgan fingerprint density at radius 2 is 1.64 bits per heavy atom. The summed E-state index contributed by atoms with van der Waals surface area (Å²) in [5, 5.41) is 0. The molecule has 0 bridgehead atoms. The molecular formula is C27H35N. The number of nitrogens with zero attached hydrogens (tertiary/aromatic N) is 1. The van der Waals surface area contributed by atoms with Crippen LogP contribution >= 0.6 is 0 Å². The normalized spacial score (nSPS) is 16.1. The average Bonchev–Trinajstić information content (AvgIpc) is 2.73. The van der Waals surface area contributed by atoms with Crippen LogP contribution in [0.4, 0.5) is 0 Å². The van der Waals surface area contributed by atoms with Crippen molar-refractivity contribution < 1.29 is 0 Å². The van der Waals surface area contributed by atoms with Gasteiger partial charge in [0, 0.05) is 5.92 Å². The van der Waals surface area contributed by atoms with Crippen LogP contribution in [0.1, 0.15) is 55.2 Å². The second-order valence-electron chi connectivity index (χ2n) is 8.26. The molecule has 0 amide bonds. The molecule has 0 aliphatic heterocycles. The zero-order valence-corrected chi connectivity index (χ0v) is 17.8. The summed E-state index contributed by atoms with van der Waals surface area (Å²) in [5.41, 5.74) is 5.94. The van der Waals surface area contributed by atoms with E-state index in [1.54, 1.807) is 5.57 Å². The summed E-state index contributed by atoms with van der Waals surface area (Å²) in [5.74, 6) is 0.992. The zero-order valence-electron chi connectivity index (χ0n) is 17.8. The summed E-state index contributed by atoms with van der Waals surface area (Å²) in [6, 6.07) is 20.5. The van der Waals surface area contributed by atoms with Gasteiger partial charge in [-0.1, -0.05) is 85.3 Å². The molecule has 148 valence electrons. The number of allylic oxidation sites excluding steroid dienone is 4. The monoisotopic (exact) mass is 373 g/mol. The van der Waals surface area contributed by atoms with Gasteiger partial charge in [0.15, 0.2) is 0 Å². The topological polar surface area (TPSA) is 3.24 Å². The Balaban J connectivity index is 1.87. The lowest BCUT2D eigenvalue weighted by molar-refractivity contribution is 0.400. The van der Waals surface area contributed by atoms with Gasteiger partial charge in [-0.2, -0.15) is 0 Å². The smallest absolute Gasteiger partial charge is 0.0155 e. The van der Waals surface area contributed by atoms with Crippen LogP contribution in [0.3, 0.4) is 0 Å². The third kappa shape index (κ3) is 5.45. The predicted octanol–water partition coefficient (Wildman–Crippen LogP) is 6.62. The average molecular weight is 374 g/mol. The fraction of sp³-hybridized carbons (Fsp3) is 0.407. The molecule has 0 saturated heterocycles. The van der Waals surface area contributed by atoms with Gasteiger partial charge in [0.05, 0.1) is 0 Å². The number of aryl methyl sites for hydroxylation is 1. The Bertz CT molecular complexity index is 768. The third-order valence-corrected chi connectivity index (χ3v) is 5.93. The molecule has 2 unspecified atom stereocenters.